The van der Waals surface area contributed by atoms with Crippen molar-refractivity contribution in [2.24, 2.45) is 0 Å². The number of rotatable bonds is 8. The molecular formula is C22H22ClF3N2O4. The Morgan fingerprint density at radius 3 is 2.75 bits per heavy atom. The Balaban J connectivity index is 1.30. The van der Waals surface area contributed by atoms with Crippen molar-refractivity contribution in [3.8, 4) is 17.2 Å². The van der Waals surface area contributed by atoms with Gasteiger partial charge in [-0.15, -0.1) is 13.2 Å². The van der Waals surface area contributed by atoms with Crippen molar-refractivity contribution in [3.63, 3.8) is 0 Å². The van der Waals surface area contributed by atoms with Gasteiger partial charge in [-0.25, -0.2) is 0 Å². The second-order valence-corrected chi connectivity index (χ2v) is 8.08. The third-order valence-electron chi connectivity index (χ3n) is 5.45. The van der Waals surface area contributed by atoms with Crippen molar-refractivity contribution >= 4 is 17.5 Å². The van der Waals surface area contributed by atoms with Crippen LogP contribution in [0.4, 0.5) is 13.2 Å². The number of fused-ring (bicyclic) bond motifs is 1. The van der Waals surface area contributed by atoms with Crippen molar-refractivity contribution in [1.29, 1.82) is 0 Å². The number of hydrogen-bond donors (Lipinski definition) is 1. The minimum absolute atomic E-state index is 0.00374. The lowest BCUT2D eigenvalue weighted by atomic mass is 10.1. The molecule has 1 saturated heterocycles. The summed E-state index contributed by atoms with van der Waals surface area (Å²) >= 11 is 6.29. The fraction of sp³-hybridized carbons (Fsp3) is 0.409. The van der Waals surface area contributed by atoms with Crippen LogP contribution in [0.25, 0.3) is 0 Å². The second-order valence-electron chi connectivity index (χ2n) is 7.67. The fourth-order valence-electron chi connectivity index (χ4n) is 3.93. The van der Waals surface area contributed by atoms with Gasteiger partial charge < -0.3 is 24.4 Å². The molecule has 1 fully saturated rings. The average Bonchev–Trinajstić information content (AvgIpc) is 3.31. The smallest absolute Gasteiger partial charge is 0.454 e. The Morgan fingerprint density at radius 1 is 1.19 bits per heavy atom. The van der Waals surface area contributed by atoms with Gasteiger partial charge in [0.1, 0.15) is 5.75 Å². The van der Waals surface area contributed by atoms with Gasteiger partial charge in [-0.3, -0.25) is 4.79 Å². The van der Waals surface area contributed by atoms with Gasteiger partial charge in [0.05, 0.1) is 0 Å². The molecule has 0 aliphatic carbocycles. The molecule has 0 radical (unpaired) electrons. The molecule has 2 aliphatic rings. The van der Waals surface area contributed by atoms with E-state index in [0.29, 0.717) is 54.4 Å². The molecular weight excluding hydrogens is 449 g/mol. The maximum Gasteiger partial charge on any atom is 0.573 e. The van der Waals surface area contributed by atoms with E-state index in [9.17, 15) is 18.0 Å². The molecule has 1 atom stereocenters. The first-order valence-corrected chi connectivity index (χ1v) is 10.6. The number of nitrogens with zero attached hydrogens (tertiary/aromatic N) is 1. The third-order valence-corrected chi connectivity index (χ3v) is 5.80. The Kier molecular flexibility index (Phi) is 6.66. The predicted molar refractivity (Wildman–Crippen MR) is 111 cm³/mol. The highest BCUT2D eigenvalue weighted by atomic mass is 35.5. The molecule has 32 heavy (non-hydrogen) atoms. The van der Waals surface area contributed by atoms with E-state index in [2.05, 4.69) is 10.1 Å². The van der Waals surface area contributed by atoms with Crippen molar-refractivity contribution in [3.05, 3.63) is 52.5 Å². The van der Waals surface area contributed by atoms with Crippen LogP contribution in [0, 0.1) is 0 Å². The van der Waals surface area contributed by atoms with Crippen LogP contribution < -0.4 is 19.5 Å². The van der Waals surface area contributed by atoms with E-state index in [1.807, 2.05) is 6.07 Å². The summed E-state index contributed by atoms with van der Waals surface area (Å²) in [5.41, 5.74) is 1.48. The van der Waals surface area contributed by atoms with Crippen LogP contribution in [0.3, 0.4) is 0 Å². The van der Waals surface area contributed by atoms with Gasteiger partial charge in [0.15, 0.2) is 11.5 Å². The molecule has 0 saturated carbocycles. The zero-order valence-corrected chi connectivity index (χ0v) is 17.8. The number of halogens is 4. The first-order valence-electron chi connectivity index (χ1n) is 10.2. The number of benzene rings is 2. The minimum Gasteiger partial charge on any atom is -0.454 e. The number of ether oxygens (including phenoxy) is 3. The largest absolute Gasteiger partial charge is 0.573 e. The van der Waals surface area contributed by atoms with Gasteiger partial charge in [-0.1, -0.05) is 23.7 Å². The van der Waals surface area contributed by atoms with E-state index < -0.39 is 6.36 Å². The first-order chi connectivity index (χ1) is 15.3. The quantitative estimate of drug-likeness (QED) is 0.570. The topological polar surface area (TPSA) is 60.0 Å². The lowest BCUT2D eigenvalue weighted by Gasteiger charge is -2.25. The van der Waals surface area contributed by atoms with E-state index >= 15 is 0 Å². The van der Waals surface area contributed by atoms with Crippen molar-refractivity contribution in [2.75, 3.05) is 13.3 Å². The number of nitrogens with one attached hydrogen (secondary N) is 1. The van der Waals surface area contributed by atoms with Crippen molar-refractivity contribution in [1.82, 2.24) is 10.2 Å². The van der Waals surface area contributed by atoms with Gasteiger partial charge in [0, 0.05) is 36.6 Å². The van der Waals surface area contributed by atoms with E-state index in [0.717, 1.165) is 5.56 Å². The molecule has 2 aromatic carbocycles. The average molecular weight is 471 g/mol. The van der Waals surface area contributed by atoms with E-state index in [1.165, 1.54) is 18.2 Å². The van der Waals surface area contributed by atoms with E-state index in [1.54, 1.807) is 17.0 Å². The van der Waals surface area contributed by atoms with Gasteiger partial charge in [0.25, 0.3) is 0 Å². The molecule has 6 nitrogen and oxygen atoms in total. The van der Waals surface area contributed by atoms with Gasteiger partial charge in [0.2, 0.25) is 12.7 Å². The van der Waals surface area contributed by atoms with Crippen molar-refractivity contribution in [2.45, 2.75) is 44.8 Å². The molecule has 1 N–H and O–H groups in total. The summed E-state index contributed by atoms with van der Waals surface area (Å²) in [5.74, 6) is 0.996. The molecule has 0 bridgehead atoms. The van der Waals surface area contributed by atoms with Crippen LogP contribution in [-0.4, -0.2) is 36.5 Å². The molecule has 1 amide bonds. The Hall–Kier alpha value is -2.65. The number of alkyl halides is 3. The first kappa shape index (κ1) is 22.5. The predicted octanol–water partition coefficient (Wildman–Crippen LogP) is 4.64. The van der Waals surface area contributed by atoms with E-state index in [4.69, 9.17) is 21.1 Å². The monoisotopic (exact) mass is 470 g/mol. The summed E-state index contributed by atoms with van der Waals surface area (Å²) in [6, 6.07) is 9.32. The summed E-state index contributed by atoms with van der Waals surface area (Å²) < 4.78 is 52.1. The van der Waals surface area contributed by atoms with Crippen LogP contribution in [0.15, 0.2) is 36.4 Å². The number of amides is 1. The second kappa shape index (κ2) is 9.46. The molecule has 1 unspecified atom stereocenters. The van der Waals surface area contributed by atoms with Gasteiger partial charge in [-0.2, -0.15) is 0 Å². The maximum absolute atomic E-state index is 12.5. The number of carbonyl (C=O) groups is 1. The number of carbonyl (C=O) groups excluding carboxylic acids is 1. The third kappa shape index (κ3) is 5.58. The summed E-state index contributed by atoms with van der Waals surface area (Å²) in [4.78, 5) is 14.1. The summed E-state index contributed by atoms with van der Waals surface area (Å²) in [6.45, 7) is 1.61. The van der Waals surface area contributed by atoms with Crippen LogP contribution >= 0.6 is 11.6 Å². The molecule has 2 aromatic rings. The standard InChI is InChI=1S/C22H22ClF3N2O4/c23-18-10-20-19(30-13-31-20)9-15(18)11-27-7-6-16-4-5-21(29)28(16)12-14-2-1-3-17(8-14)32-22(24,25)26/h1-3,8-10,16,27H,4-7,11-13H2. The highest BCUT2D eigenvalue weighted by Crippen LogP contribution is 2.36. The summed E-state index contributed by atoms with van der Waals surface area (Å²) in [7, 11) is 0. The van der Waals surface area contributed by atoms with Crippen LogP contribution in [0.5, 0.6) is 17.2 Å². The Bertz CT molecular complexity index is 986. The lowest BCUT2D eigenvalue weighted by molar-refractivity contribution is -0.274. The van der Waals surface area contributed by atoms with Gasteiger partial charge >= 0.3 is 6.36 Å². The fourth-order valence-corrected chi connectivity index (χ4v) is 4.16. The lowest BCUT2D eigenvalue weighted by Crippen LogP contribution is -2.34. The highest BCUT2D eigenvalue weighted by Gasteiger charge is 2.32. The molecule has 2 heterocycles. The van der Waals surface area contributed by atoms with Crippen LogP contribution in [-0.2, 0) is 17.9 Å². The molecule has 2 aliphatic heterocycles. The Morgan fingerprint density at radius 2 is 1.97 bits per heavy atom. The summed E-state index contributed by atoms with van der Waals surface area (Å²) in [6.07, 6.45) is -2.90. The zero-order valence-electron chi connectivity index (χ0n) is 17.1. The minimum atomic E-state index is -4.75. The molecule has 4 rings (SSSR count). The Labute approximate surface area is 188 Å². The normalized spacial score (nSPS) is 17.8. The molecule has 10 heteroatoms. The summed E-state index contributed by atoms with van der Waals surface area (Å²) in [5, 5.41) is 3.91. The van der Waals surface area contributed by atoms with E-state index in [-0.39, 0.29) is 31.0 Å². The number of likely N-dealkylation sites (tertiary alicyclic amines) is 1. The number of hydrogen-bond acceptors (Lipinski definition) is 5. The molecule has 0 spiro atoms. The molecule has 172 valence electrons. The zero-order chi connectivity index (χ0) is 22.7. The highest BCUT2D eigenvalue weighted by molar-refractivity contribution is 6.31. The van der Waals surface area contributed by atoms with Gasteiger partial charge in [-0.05, 0) is 48.7 Å². The SMILES string of the molecule is O=C1CCC(CCNCc2cc3c(cc2Cl)OCO3)N1Cc1cccc(OC(F)(F)F)c1. The maximum atomic E-state index is 12.5. The van der Waals surface area contributed by atoms with Crippen LogP contribution in [0.2, 0.25) is 5.02 Å². The van der Waals surface area contributed by atoms with Crippen LogP contribution in [0.1, 0.15) is 30.4 Å². The van der Waals surface area contributed by atoms with Crippen molar-refractivity contribution < 1.29 is 32.2 Å². The molecule has 0 aromatic heterocycles.